The summed E-state index contributed by atoms with van der Waals surface area (Å²) in [5, 5.41) is 0. The van der Waals surface area contributed by atoms with Gasteiger partial charge in [-0.3, -0.25) is 4.72 Å². The van der Waals surface area contributed by atoms with Crippen LogP contribution in [0.5, 0.6) is 5.75 Å². The number of fused-ring (bicyclic) bond motifs is 1. The van der Waals surface area contributed by atoms with Gasteiger partial charge in [0.15, 0.2) is 0 Å². The SMILES string of the molecule is COc1cc(C)c(S(=O)(=O)Nc2ccc3[nH]c(=O)[nH]c3c2)cc1C. The normalized spacial score (nSPS) is 11.6. The lowest BCUT2D eigenvalue weighted by Crippen LogP contribution is -2.14. The third kappa shape index (κ3) is 2.88. The van der Waals surface area contributed by atoms with Gasteiger partial charge >= 0.3 is 5.69 Å². The maximum Gasteiger partial charge on any atom is 0.323 e. The highest BCUT2D eigenvalue weighted by Gasteiger charge is 2.19. The van der Waals surface area contributed by atoms with Crippen molar-refractivity contribution in [3.8, 4) is 5.75 Å². The second-order valence-corrected chi connectivity index (χ2v) is 7.18. The smallest absolute Gasteiger partial charge is 0.323 e. The van der Waals surface area contributed by atoms with Crippen molar-refractivity contribution in [3.05, 3.63) is 51.9 Å². The van der Waals surface area contributed by atoms with E-state index < -0.39 is 10.0 Å². The number of aromatic amines is 2. The lowest BCUT2D eigenvalue weighted by atomic mass is 10.1. The number of H-pyrrole nitrogens is 2. The third-order valence-corrected chi connectivity index (χ3v) is 5.27. The topological polar surface area (TPSA) is 104 Å². The fourth-order valence-corrected chi connectivity index (χ4v) is 3.94. The van der Waals surface area contributed by atoms with Gasteiger partial charge in [0.2, 0.25) is 0 Å². The molecular weight excluding hydrogens is 330 g/mol. The molecule has 0 fully saturated rings. The van der Waals surface area contributed by atoms with Crippen LogP contribution >= 0.6 is 0 Å². The molecule has 0 unspecified atom stereocenters. The molecule has 0 aliphatic rings. The van der Waals surface area contributed by atoms with Crippen molar-refractivity contribution in [2.45, 2.75) is 18.7 Å². The first-order valence-electron chi connectivity index (χ1n) is 7.20. The van der Waals surface area contributed by atoms with E-state index in [1.807, 2.05) is 0 Å². The summed E-state index contributed by atoms with van der Waals surface area (Å²) in [6.07, 6.45) is 0. The van der Waals surface area contributed by atoms with Crippen LogP contribution < -0.4 is 15.1 Å². The monoisotopic (exact) mass is 347 g/mol. The number of hydrogen-bond acceptors (Lipinski definition) is 4. The van der Waals surface area contributed by atoms with Crippen LogP contribution in [0.4, 0.5) is 5.69 Å². The van der Waals surface area contributed by atoms with Gasteiger partial charge < -0.3 is 14.7 Å². The molecule has 2 aromatic carbocycles. The molecule has 3 rings (SSSR count). The van der Waals surface area contributed by atoms with Crippen LogP contribution in [0, 0.1) is 13.8 Å². The van der Waals surface area contributed by atoms with Gasteiger partial charge in [0.1, 0.15) is 5.75 Å². The Hall–Kier alpha value is -2.74. The maximum atomic E-state index is 12.7. The second-order valence-electron chi connectivity index (χ2n) is 5.53. The first-order valence-corrected chi connectivity index (χ1v) is 8.68. The van der Waals surface area contributed by atoms with Crippen LogP contribution in [0.1, 0.15) is 11.1 Å². The summed E-state index contributed by atoms with van der Waals surface area (Å²) in [7, 11) is -2.22. The fourth-order valence-electron chi connectivity index (χ4n) is 2.58. The molecular formula is C16H17N3O4S. The molecule has 0 aliphatic carbocycles. The minimum atomic E-state index is -3.76. The van der Waals surface area contributed by atoms with Crippen molar-refractivity contribution in [1.82, 2.24) is 9.97 Å². The highest BCUT2D eigenvalue weighted by atomic mass is 32.2. The highest BCUT2D eigenvalue weighted by molar-refractivity contribution is 7.92. The van der Waals surface area contributed by atoms with E-state index in [9.17, 15) is 13.2 Å². The number of methoxy groups -OCH3 is 1. The van der Waals surface area contributed by atoms with Gasteiger partial charge in [-0.15, -0.1) is 0 Å². The second kappa shape index (κ2) is 5.72. The van der Waals surface area contributed by atoms with Crippen LogP contribution in [0.2, 0.25) is 0 Å². The number of imidazole rings is 1. The van der Waals surface area contributed by atoms with Gasteiger partial charge in [-0.05, 0) is 55.3 Å². The summed E-state index contributed by atoms with van der Waals surface area (Å²) in [5.74, 6) is 0.637. The van der Waals surface area contributed by atoms with E-state index >= 15 is 0 Å². The molecule has 0 spiro atoms. The maximum absolute atomic E-state index is 12.7. The van der Waals surface area contributed by atoms with Gasteiger partial charge in [-0.2, -0.15) is 0 Å². The van der Waals surface area contributed by atoms with E-state index in [1.165, 1.54) is 0 Å². The minimum Gasteiger partial charge on any atom is -0.496 e. The molecule has 0 saturated heterocycles. The zero-order valence-electron chi connectivity index (χ0n) is 13.4. The van der Waals surface area contributed by atoms with E-state index in [0.717, 1.165) is 5.56 Å². The molecule has 8 heteroatoms. The van der Waals surface area contributed by atoms with Gasteiger partial charge in [-0.1, -0.05) is 0 Å². The molecule has 0 bridgehead atoms. The number of aromatic nitrogens is 2. The predicted molar refractivity (Wildman–Crippen MR) is 92.2 cm³/mol. The molecule has 126 valence electrons. The van der Waals surface area contributed by atoms with E-state index in [2.05, 4.69) is 14.7 Å². The molecule has 0 radical (unpaired) electrons. The molecule has 0 amide bonds. The molecule has 1 aromatic heterocycles. The Morgan fingerprint density at radius 2 is 1.71 bits per heavy atom. The summed E-state index contributed by atoms with van der Waals surface area (Å²) in [6, 6.07) is 8.06. The number of ether oxygens (including phenoxy) is 1. The zero-order chi connectivity index (χ0) is 17.5. The number of anilines is 1. The Morgan fingerprint density at radius 3 is 2.42 bits per heavy atom. The first kappa shape index (κ1) is 16.1. The summed E-state index contributed by atoms with van der Waals surface area (Å²) >= 11 is 0. The lowest BCUT2D eigenvalue weighted by molar-refractivity contribution is 0.411. The molecule has 0 atom stereocenters. The van der Waals surface area contributed by atoms with E-state index in [0.29, 0.717) is 28.0 Å². The van der Waals surface area contributed by atoms with Crippen molar-refractivity contribution in [1.29, 1.82) is 0 Å². The third-order valence-electron chi connectivity index (χ3n) is 3.75. The quantitative estimate of drug-likeness (QED) is 0.673. The molecule has 24 heavy (non-hydrogen) atoms. The molecule has 1 heterocycles. The number of sulfonamides is 1. The number of hydrogen-bond donors (Lipinski definition) is 3. The van der Waals surface area contributed by atoms with E-state index in [4.69, 9.17) is 4.74 Å². The molecule has 0 saturated carbocycles. The zero-order valence-corrected chi connectivity index (χ0v) is 14.2. The number of benzene rings is 2. The van der Waals surface area contributed by atoms with Crippen LogP contribution in [0.25, 0.3) is 11.0 Å². The summed E-state index contributed by atoms with van der Waals surface area (Å²) < 4.78 is 33.1. The summed E-state index contributed by atoms with van der Waals surface area (Å²) in [4.78, 5) is 16.7. The Morgan fingerprint density at radius 1 is 1.00 bits per heavy atom. The average Bonchev–Trinajstić information content (AvgIpc) is 2.88. The Kier molecular flexibility index (Phi) is 3.84. The van der Waals surface area contributed by atoms with Gasteiger partial charge in [0.25, 0.3) is 10.0 Å². The molecule has 3 aromatic rings. The van der Waals surface area contributed by atoms with Gasteiger partial charge in [-0.25, -0.2) is 13.2 Å². The number of nitrogens with one attached hydrogen (secondary N) is 3. The standard InChI is InChI=1S/C16H17N3O4S/c1-9-7-15(10(2)6-14(9)23-3)24(21,22)19-11-4-5-12-13(8-11)18-16(20)17-12/h4-8,19H,1-3H3,(H2,17,18,20). The predicted octanol–water partition coefficient (Wildman–Crippen LogP) is 2.28. The van der Waals surface area contributed by atoms with Crippen molar-refractivity contribution in [2.75, 3.05) is 11.8 Å². The van der Waals surface area contributed by atoms with Crippen molar-refractivity contribution in [2.24, 2.45) is 0 Å². The molecule has 0 aliphatic heterocycles. The molecule has 7 nitrogen and oxygen atoms in total. The Labute approximate surface area is 138 Å². The average molecular weight is 347 g/mol. The fraction of sp³-hybridized carbons (Fsp3) is 0.188. The number of rotatable bonds is 4. The van der Waals surface area contributed by atoms with Crippen molar-refractivity contribution in [3.63, 3.8) is 0 Å². The number of aryl methyl sites for hydroxylation is 2. The Balaban J connectivity index is 2.01. The van der Waals surface area contributed by atoms with Crippen LogP contribution in [-0.4, -0.2) is 25.5 Å². The van der Waals surface area contributed by atoms with E-state index in [1.54, 1.807) is 51.3 Å². The van der Waals surface area contributed by atoms with Crippen LogP contribution in [-0.2, 0) is 10.0 Å². The highest BCUT2D eigenvalue weighted by Crippen LogP contribution is 2.27. The van der Waals surface area contributed by atoms with Gasteiger partial charge in [0.05, 0.1) is 28.7 Å². The van der Waals surface area contributed by atoms with Gasteiger partial charge in [0, 0.05) is 0 Å². The minimum absolute atomic E-state index is 0.184. The van der Waals surface area contributed by atoms with Crippen molar-refractivity contribution >= 4 is 26.7 Å². The van der Waals surface area contributed by atoms with Crippen molar-refractivity contribution < 1.29 is 13.2 Å². The summed E-state index contributed by atoms with van der Waals surface area (Å²) in [6.45, 7) is 3.50. The summed E-state index contributed by atoms with van der Waals surface area (Å²) in [5.41, 5.74) is 2.48. The lowest BCUT2D eigenvalue weighted by Gasteiger charge is -2.13. The van der Waals surface area contributed by atoms with E-state index in [-0.39, 0.29) is 10.6 Å². The largest absolute Gasteiger partial charge is 0.496 e. The Bertz CT molecular complexity index is 1080. The molecule has 3 N–H and O–H groups in total. The van der Waals surface area contributed by atoms with Crippen LogP contribution in [0.3, 0.4) is 0 Å². The van der Waals surface area contributed by atoms with Crippen LogP contribution in [0.15, 0.2) is 40.0 Å². The first-order chi connectivity index (χ1) is 11.3.